The van der Waals surface area contributed by atoms with Crippen LogP contribution in [-0.4, -0.2) is 42.3 Å². The topological polar surface area (TPSA) is 66.4 Å². The van der Waals surface area contributed by atoms with Crippen molar-refractivity contribution in [2.45, 2.75) is 36.6 Å². The van der Waals surface area contributed by atoms with Crippen LogP contribution in [0.15, 0.2) is 47.5 Å². The third kappa shape index (κ3) is 3.09. The molecule has 146 valence electrons. The largest absolute Gasteiger partial charge is 0.347 e. The van der Waals surface area contributed by atoms with Crippen LogP contribution in [0.4, 0.5) is 5.82 Å². The predicted octanol–water partition coefficient (Wildman–Crippen LogP) is 3.82. The Bertz CT molecular complexity index is 1060. The Labute approximate surface area is 168 Å². The van der Waals surface area contributed by atoms with E-state index in [1.807, 2.05) is 24.3 Å². The fourth-order valence-corrected chi connectivity index (χ4v) is 6.68. The molecule has 3 aromatic rings. The van der Waals surface area contributed by atoms with Gasteiger partial charge in [0.05, 0.1) is 16.3 Å². The average Bonchev–Trinajstić information content (AvgIpc) is 3.48. The number of nitrogens with zero attached hydrogens (tertiary/aromatic N) is 4. The number of para-hydroxylation sites is 1. The molecule has 5 rings (SSSR count). The van der Waals surface area contributed by atoms with Crippen molar-refractivity contribution in [3.63, 3.8) is 0 Å². The lowest BCUT2D eigenvalue weighted by Gasteiger charge is -2.24. The van der Waals surface area contributed by atoms with Gasteiger partial charge in [0.25, 0.3) is 0 Å². The molecule has 0 N–H and O–H groups in total. The molecule has 0 unspecified atom stereocenters. The number of aromatic nitrogens is 2. The van der Waals surface area contributed by atoms with Gasteiger partial charge >= 0.3 is 0 Å². The summed E-state index contributed by atoms with van der Waals surface area (Å²) < 4.78 is 28.2. The van der Waals surface area contributed by atoms with Crippen LogP contribution < -0.4 is 4.90 Å². The predicted molar refractivity (Wildman–Crippen MR) is 111 cm³/mol. The van der Waals surface area contributed by atoms with Crippen LogP contribution in [0.5, 0.6) is 0 Å². The molecular formula is C20H22N4O2S2. The van der Waals surface area contributed by atoms with Crippen LogP contribution in [0.3, 0.4) is 0 Å². The molecule has 28 heavy (non-hydrogen) atoms. The minimum Gasteiger partial charge on any atom is -0.347 e. The minimum absolute atomic E-state index is 0.200. The number of fused-ring (bicyclic) bond motifs is 1. The van der Waals surface area contributed by atoms with Crippen molar-refractivity contribution in [2.24, 2.45) is 0 Å². The summed E-state index contributed by atoms with van der Waals surface area (Å²) in [4.78, 5) is 11.9. The van der Waals surface area contributed by atoms with Gasteiger partial charge < -0.3 is 4.90 Å². The Balaban J connectivity index is 1.42. The monoisotopic (exact) mass is 414 g/mol. The standard InChI is InChI=1S/C20H22N4O2S2/c25-28(26,23-11-3-4-12-23)15-9-10-19(21-14-15)24-13-5-7-17(24)20-22-16-6-1-2-8-18(16)27-20/h1-2,6,8-10,14,17H,3-5,7,11-13H2/t17-/m0/s1. The summed E-state index contributed by atoms with van der Waals surface area (Å²) in [6.45, 7) is 2.12. The molecule has 1 aromatic carbocycles. The number of hydrogen-bond donors (Lipinski definition) is 0. The van der Waals surface area contributed by atoms with Gasteiger partial charge in [-0.1, -0.05) is 12.1 Å². The maximum atomic E-state index is 12.7. The Kier molecular flexibility index (Phi) is 4.57. The third-order valence-electron chi connectivity index (χ3n) is 5.57. The molecule has 0 amide bonds. The molecule has 2 fully saturated rings. The molecule has 0 saturated carbocycles. The van der Waals surface area contributed by atoms with Crippen molar-refractivity contribution >= 4 is 37.4 Å². The van der Waals surface area contributed by atoms with E-state index in [4.69, 9.17) is 4.98 Å². The first-order valence-electron chi connectivity index (χ1n) is 9.71. The maximum absolute atomic E-state index is 12.7. The van der Waals surface area contributed by atoms with Crippen molar-refractivity contribution in [1.29, 1.82) is 0 Å². The molecule has 0 spiro atoms. The molecule has 1 atom stereocenters. The molecule has 2 saturated heterocycles. The van der Waals surface area contributed by atoms with Gasteiger partial charge in [0.2, 0.25) is 10.0 Å². The number of hydrogen-bond acceptors (Lipinski definition) is 6. The van der Waals surface area contributed by atoms with E-state index in [9.17, 15) is 8.42 Å². The fraction of sp³-hybridized carbons (Fsp3) is 0.400. The summed E-state index contributed by atoms with van der Waals surface area (Å²) in [6, 6.07) is 11.9. The first-order chi connectivity index (χ1) is 13.6. The first-order valence-corrected chi connectivity index (χ1v) is 12.0. The van der Waals surface area contributed by atoms with Gasteiger partial charge in [-0.25, -0.2) is 18.4 Å². The molecule has 2 aliphatic rings. The van der Waals surface area contributed by atoms with Gasteiger partial charge in [0.15, 0.2) is 0 Å². The van der Waals surface area contributed by atoms with E-state index in [1.165, 1.54) is 10.9 Å². The Morgan fingerprint density at radius 1 is 1.00 bits per heavy atom. The van der Waals surface area contributed by atoms with E-state index >= 15 is 0 Å². The van der Waals surface area contributed by atoms with Crippen LogP contribution >= 0.6 is 11.3 Å². The highest BCUT2D eigenvalue weighted by atomic mass is 32.2. The van der Waals surface area contributed by atoms with Crippen LogP contribution in [0, 0.1) is 0 Å². The molecule has 8 heteroatoms. The molecule has 6 nitrogen and oxygen atoms in total. The van der Waals surface area contributed by atoms with E-state index < -0.39 is 10.0 Å². The lowest BCUT2D eigenvalue weighted by molar-refractivity contribution is 0.477. The molecule has 2 aromatic heterocycles. The summed E-state index contributed by atoms with van der Waals surface area (Å²) in [5.74, 6) is 0.821. The maximum Gasteiger partial charge on any atom is 0.244 e. The first kappa shape index (κ1) is 18.0. The van der Waals surface area contributed by atoms with Crippen molar-refractivity contribution in [1.82, 2.24) is 14.3 Å². The van der Waals surface area contributed by atoms with Crippen LogP contribution in [-0.2, 0) is 10.0 Å². The second-order valence-electron chi connectivity index (χ2n) is 7.33. The molecule has 2 aliphatic heterocycles. The van der Waals surface area contributed by atoms with Gasteiger partial charge in [-0.15, -0.1) is 11.3 Å². The molecule has 0 aliphatic carbocycles. The zero-order valence-electron chi connectivity index (χ0n) is 15.5. The Hall–Kier alpha value is -2.03. The highest BCUT2D eigenvalue weighted by molar-refractivity contribution is 7.89. The van der Waals surface area contributed by atoms with E-state index in [0.29, 0.717) is 13.1 Å². The van der Waals surface area contributed by atoms with E-state index in [1.54, 1.807) is 21.7 Å². The lowest BCUT2D eigenvalue weighted by Crippen LogP contribution is -2.28. The second kappa shape index (κ2) is 7.09. The number of pyridine rings is 1. The summed E-state index contributed by atoms with van der Waals surface area (Å²) in [5, 5.41) is 1.11. The van der Waals surface area contributed by atoms with Crippen molar-refractivity contribution in [2.75, 3.05) is 24.5 Å². The van der Waals surface area contributed by atoms with Crippen molar-refractivity contribution in [3.05, 3.63) is 47.6 Å². The summed E-state index contributed by atoms with van der Waals surface area (Å²) >= 11 is 1.73. The molecule has 0 radical (unpaired) electrons. The van der Waals surface area contributed by atoms with Gasteiger partial charge in [0, 0.05) is 25.8 Å². The third-order valence-corrected chi connectivity index (χ3v) is 8.59. The fourth-order valence-electron chi connectivity index (χ4n) is 4.10. The number of sulfonamides is 1. The highest BCUT2D eigenvalue weighted by Gasteiger charge is 2.31. The molecule has 0 bridgehead atoms. The van der Waals surface area contributed by atoms with E-state index in [2.05, 4.69) is 16.0 Å². The number of benzene rings is 1. The molecule has 4 heterocycles. The van der Waals surface area contributed by atoms with Crippen LogP contribution in [0.2, 0.25) is 0 Å². The normalized spacial score (nSPS) is 21.0. The van der Waals surface area contributed by atoms with E-state index in [0.717, 1.165) is 48.6 Å². The summed E-state index contributed by atoms with van der Waals surface area (Å²) in [7, 11) is -3.42. The van der Waals surface area contributed by atoms with Crippen molar-refractivity contribution < 1.29 is 8.42 Å². The Morgan fingerprint density at radius 3 is 2.57 bits per heavy atom. The van der Waals surface area contributed by atoms with Crippen LogP contribution in [0.25, 0.3) is 10.2 Å². The number of anilines is 1. The summed E-state index contributed by atoms with van der Waals surface area (Å²) in [6.07, 6.45) is 5.49. The minimum atomic E-state index is -3.42. The van der Waals surface area contributed by atoms with Gasteiger partial charge in [0.1, 0.15) is 15.7 Å². The smallest absolute Gasteiger partial charge is 0.244 e. The lowest BCUT2D eigenvalue weighted by atomic mass is 10.2. The average molecular weight is 415 g/mol. The number of thiazole rings is 1. The zero-order chi connectivity index (χ0) is 19.1. The van der Waals surface area contributed by atoms with Crippen LogP contribution in [0.1, 0.15) is 36.7 Å². The number of rotatable bonds is 4. The van der Waals surface area contributed by atoms with Gasteiger partial charge in [-0.3, -0.25) is 0 Å². The summed E-state index contributed by atoms with van der Waals surface area (Å²) in [5.41, 5.74) is 1.04. The SMILES string of the molecule is O=S(=O)(c1ccc(N2CCC[C@H]2c2nc3ccccc3s2)nc1)N1CCCC1. The highest BCUT2D eigenvalue weighted by Crippen LogP contribution is 2.38. The van der Waals surface area contributed by atoms with Gasteiger partial charge in [-0.2, -0.15) is 4.31 Å². The van der Waals surface area contributed by atoms with E-state index in [-0.39, 0.29) is 10.9 Å². The molecular weight excluding hydrogens is 392 g/mol. The van der Waals surface area contributed by atoms with Crippen molar-refractivity contribution in [3.8, 4) is 0 Å². The quantitative estimate of drug-likeness (QED) is 0.649. The Morgan fingerprint density at radius 2 is 1.82 bits per heavy atom. The zero-order valence-corrected chi connectivity index (χ0v) is 17.1. The van der Waals surface area contributed by atoms with Gasteiger partial charge in [-0.05, 0) is 49.9 Å². The second-order valence-corrected chi connectivity index (χ2v) is 10.3.